The first kappa shape index (κ1) is 19.9. The molecular formula is C23H15ClN2O3. The van der Waals surface area contributed by atoms with Crippen LogP contribution < -0.4 is 10.1 Å². The molecule has 0 unspecified atom stereocenters. The van der Waals surface area contributed by atoms with E-state index >= 15 is 0 Å². The second-order valence-electron chi connectivity index (χ2n) is 5.96. The van der Waals surface area contributed by atoms with Crippen molar-refractivity contribution in [3.63, 3.8) is 0 Å². The van der Waals surface area contributed by atoms with Crippen LogP contribution in [0.3, 0.4) is 0 Å². The Morgan fingerprint density at radius 2 is 1.59 bits per heavy atom. The van der Waals surface area contributed by atoms with Crippen LogP contribution in [0, 0.1) is 11.3 Å². The molecule has 0 atom stereocenters. The summed E-state index contributed by atoms with van der Waals surface area (Å²) in [6.07, 6.45) is 1.46. The number of para-hydroxylation sites is 1. The molecular weight excluding hydrogens is 388 g/mol. The van der Waals surface area contributed by atoms with Crippen molar-refractivity contribution in [1.82, 2.24) is 0 Å². The van der Waals surface area contributed by atoms with Gasteiger partial charge in [-0.25, -0.2) is 4.79 Å². The Morgan fingerprint density at radius 1 is 0.931 bits per heavy atom. The minimum absolute atomic E-state index is 0.0419. The van der Waals surface area contributed by atoms with Gasteiger partial charge in [0.15, 0.2) is 0 Å². The summed E-state index contributed by atoms with van der Waals surface area (Å²) in [4.78, 5) is 24.4. The molecule has 6 heteroatoms. The highest BCUT2D eigenvalue weighted by molar-refractivity contribution is 6.30. The van der Waals surface area contributed by atoms with E-state index in [1.54, 1.807) is 72.8 Å². The average molecular weight is 403 g/mol. The van der Waals surface area contributed by atoms with E-state index in [0.717, 1.165) is 0 Å². The molecule has 29 heavy (non-hydrogen) atoms. The maximum absolute atomic E-state index is 12.3. The van der Waals surface area contributed by atoms with E-state index in [0.29, 0.717) is 27.6 Å². The number of nitrogens with one attached hydrogen (secondary N) is 1. The molecule has 0 aliphatic rings. The van der Waals surface area contributed by atoms with Gasteiger partial charge in [0.05, 0.1) is 5.56 Å². The van der Waals surface area contributed by atoms with Crippen LogP contribution in [-0.2, 0) is 4.79 Å². The Balaban J connectivity index is 1.68. The molecule has 1 N–H and O–H groups in total. The molecule has 0 bridgehead atoms. The van der Waals surface area contributed by atoms with Crippen LogP contribution in [0.4, 0.5) is 5.69 Å². The summed E-state index contributed by atoms with van der Waals surface area (Å²) in [5, 5.41) is 12.5. The molecule has 5 nitrogen and oxygen atoms in total. The van der Waals surface area contributed by atoms with Gasteiger partial charge in [0.25, 0.3) is 5.91 Å². The molecule has 3 rings (SSSR count). The van der Waals surface area contributed by atoms with Crippen LogP contribution in [0.5, 0.6) is 5.75 Å². The fraction of sp³-hybridized carbons (Fsp3) is 0. The lowest BCUT2D eigenvalue weighted by atomic mass is 10.1. The van der Waals surface area contributed by atoms with Crippen LogP contribution in [0.1, 0.15) is 15.9 Å². The Bertz CT molecular complexity index is 1080. The largest absolute Gasteiger partial charge is 0.423 e. The zero-order chi connectivity index (χ0) is 20.6. The van der Waals surface area contributed by atoms with Crippen LogP contribution in [0.25, 0.3) is 6.08 Å². The molecule has 0 spiro atoms. The molecule has 3 aromatic carbocycles. The van der Waals surface area contributed by atoms with Crippen molar-refractivity contribution in [3.05, 3.63) is 101 Å². The maximum Gasteiger partial charge on any atom is 0.343 e. The molecule has 0 saturated carbocycles. The first-order valence-electron chi connectivity index (χ1n) is 8.61. The maximum atomic E-state index is 12.3. The molecule has 1 amide bonds. The molecule has 0 saturated heterocycles. The van der Waals surface area contributed by atoms with Gasteiger partial charge in [-0.3, -0.25) is 4.79 Å². The number of halogens is 1. The van der Waals surface area contributed by atoms with Crippen molar-refractivity contribution >= 4 is 35.2 Å². The summed E-state index contributed by atoms with van der Waals surface area (Å²) in [5.41, 5.74) is 1.56. The number of ether oxygens (including phenoxy) is 1. The van der Waals surface area contributed by atoms with Gasteiger partial charge in [0, 0.05) is 10.7 Å². The zero-order valence-electron chi connectivity index (χ0n) is 15.1. The van der Waals surface area contributed by atoms with Gasteiger partial charge in [-0.1, -0.05) is 41.9 Å². The SMILES string of the molecule is N#C/C(=C\c1ccc(OC(=O)c2ccc(Cl)cc2)cc1)C(=O)Nc1ccccc1. The summed E-state index contributed by atoms with van der Waals surface area (Å²) < 4.78 is 5.31. The van der Waals surface area contributed by atoms with E-state index in [-0.39, 0.29) is 5.57 Å². The van der Waals surface area contributed by atoms with Crippen LogP contribution in [0.2, 0.25) is 5.02 Å². The van der Waals surface area contributed by atoms with Gasteiger partial charge in [0.1, 0.15) is 17.4 Å². The predicted octanol–water partition coefficient (Wildman–Crippen LogP) is 5.10. The molecule has 0 radical (unpaired) electrons. The van der Waals surface area contributed by atoms with Crippen molar-refractivity contribution < 1.29 is 14.3 Å². The first-order valence-corrected chi connectivity index (χ1v) is 8.99. The van der Waals surface area contributed by atoms with Gasteiger partial charge in [-0.15, -0.1) is 0 Å². The minimum atomic E-state index is -0.509. The van der Waals surface area contributed by atoms with Crippen LogP contribution >= 0.6 is 11.6 Å². The first-order chi connectivity index (χ1) is 14.0. The number of hydrogen-bond acceptors (Lipinski definition) is 4. The fourth-order valence-electron chi connectivity index (χ4n) is 2.42. The normalized spacial score (nSPS) is 10.7. The number of benzene rings is 3. The summed E-state index contributed by atoms with van der Waals surface area (Å²) in [6, 6.07) is 23.6. The number of esters is 1. The Morgan fingerprint density at radius 3 is 2.21 bits per heavy atom. The molecule has 0 aliphatic carbocycles. The van der Waals surface area contributed by atoms with Gasteiger partial charge in [0.2, 0.25) is 0 Å². The highest BCUT2D eigenvalue weighted by Crippen LogP contribution is 2.18. The highest BCUT2D eigenvalue weighted by Gasteiger charge is 2.11. The van der Waals surface area contributed by atoms with E-state index in [1.807, 2.05) is 12.1 Å². The predicted molar refractivity (Wildman–Crippen MR) is 112 cm³/mol. The van der Waals surface area contributed by atoms with Gasteiger partial charge in [-0.2, -0.15) is 5.26 Å². The van der Waals surface area contributed by atoms with E-state index in [2.05, 4.69) is 5.32 Å². The number of nitriles is 1. The number of rotatable bonds is 5. The number of amides is 1. The summed E-state index contributed by atoms with van der Waals surface area (Å²) in [5.74, 6) is -0.670. The summed E-state index contributed by atoms with van der Waals surface area (Å²) in [7, 11) is 0. The van der Waals surface area contributed by atoms with Crippen molar-refractivity contribution in [3.8, 4) is 11.8 Å². The van der Waals surface area contributed by atoms with Crippen molar-refractivity contribution in [2.45, 2.75) is 0 Å². The van der Waals surface area contributed by atoms with Crippen LogP contribution in [-0.4, -0.2) is 11.9 Å². The lowest BCUT2D eigenvalue weighted by Crippen LogP contribution is -2.13. The number of anilines is 1. The molecule has 0 heterocycles. The number of carbonyl (C=O) groups is 2. The van der Waals surface area contributed by atoms with Crippen molar-refractivity contribution in [1.29, 1.82) is 5.26 Å². The molecule has 0 aromatic heterocycles. The van der Waals surface area contributed by atoms with E-state index in [1.165, 1.54) is 6.08 Å². The molecule has 3 aromatic rings. The lowest BCUT2D eigenvalue weighted by Gasteiger charge is -2.06. The highest BCUT2D eigenvalue weighted by atomic mass is 35.5. The van der Waals surface area contributed by atoms with E-state index < -0.39 is 11.9 Å². The quantitative estimate of drug-likeness (QED) is 0.278. The Hall–Kier alpha value is -3.88. The third-order valence-electron chi connectivity index (χ3n) is 3.88. The Labute approximate surface area is 172 Å². The topological polar surface area (TPSA) is 79.2 Å². The second kappa shape index (κ2) is 9.36. The number of carbonyl (C=O) groups excluding carboxylic acids is 2. The van der Waals surface area contributed by atoms with Gasteiger partial charge in [-0.05, 0) is 60.2 Å². The number of hydrogen-bond donors (Lipinski definition) is 1. The van der Waals surface area contributed by atoms with Crippen molar-refractivity contribution in [2.24, 2.45) is 0 Å². The monoisotopic (exact) mass is 402 g/mol. The standard InChI is InChI=1S/C23H15ClN2O3/c24-19-10-8-17(9-11-19)23(28)29-21-12-6-16(7-13-21)14-18(15-25)22(27)26-20-4-2-1-3-5-20/h1-14H,(H,26,27)/b18-14+. The smallest absolute Gasteiger partial charge is 0.343 e. The lowest BCUT2D eigenvalue weighted by molar-refractivity contribution is -0.112. The third kappa shape index (κ3) is 5.55. The van der Waals surface area contributed by atoms with Gasteiger partial charge < -0.3 is 10.1 Å². The average Bonchev–Trinajstić information content (AvgIpc) is 2.74. The number of nitrogens with zero attached hydrogens (tertiary/aromatic N) is 1. The summed E-state index contributed by atoms with van der Waals surface area (Å²) >= 11 is 5.81. The van der Waals surface area contributed by atoms with E-state index in [9.17, 15) is 14.9 Å². The third-order valence-corrected chi connectivity index (χ3v) is 4.13. The summed E-state index contributed by atoms with van der Waals surface area (Å²) in [6.45, 7) is 0. The van der Waals surface area contributed by atoms with Crippen LogP contribution in [0.15, 0.2) is 84.4 Å². The second-order valence-corrected chi connectivity index (χ2v) is 6.39. The fourth-order valence-corrected chi connectivity index (χ4v) is 2.55. The Kier molecular flexibility index (Phi) is 6.41. The van der Waals surface area contributed by atoms with E-state index in [4.69, 9.17) is 16.3 Å². The van der Waals surface area contributed by atoms with Gasteiger partial charge >= 0.3 is 5.97 Å². The zero-order valence-corrected chi connectivity index (χ0v) is 15.9. The van der Waals surface area contributed by atoms with Crippen molar-refractivity contribution in [2.75, 3.05) is 5.32 Å². The molecule has 0 aliphatic heterocycles. The minimum Gasteiger partial charge on any atom is -0.423 e. The molecule has 0 fully saturated rings. The molecule has 142 valence electrons.